The Bertz CT molecular complexity index is 1620. The molecule has 0 spiro atoms. The predicted octanol–water partition coefficient (Wildman–Crippen LogP) is 6.84. The van der Waals surface area contributed by atoms with E-state index in [2.05, 4.69) is 26.6 Å². The van der Waals surface area contributed by atoms with Crippen LogP contribution in [0, 0.1) is 5.82 Å². The number of halogens is 2. The summed E-state index contributed by atoms with van der Waals surface area (Å²) >= 11 is 4.51. The smallest absolute Gasteiger partial charge is 0.283 e. The molecule has 200 valence electrons. The highest BCUT2D eigenvalue weighted by Gasteiger charge is 2.40. The van der Waals surface area contributed by atoms with Crippen LogP contribution in [0.5, 0.6) is 5.75 Å². The lowest BCUT2D eigenvalue weighted by atomic mass is 10.2. The van der Waals surface area contributed by atoms with Crippen LogP contribution >= 0.6 is 27.7 Å². The molecule has 1 aliphatic rings. The molecule has 0 saturated heterocycles. The fourth-order valence-corrected chi connectivity index (χ4v) is 5.17. The lowest BCUT2D eigenvalue weighted by Gasteiger charge is -2.15. The Labute approximate surface area is 242 Å². The number of anilines is 3. The quantitative estimate of drug-likeness (QED) is 0.211. The molecular weight excluding hydrogens is 597 g/mol. The van der Waals surface area contributed by atoms with E-state index in [-0.39, 0.29) is 10.6 Å². The molecule has 4 aromatic rings. The maximum absolute atomic E-state index is 13.7. The van der Waals surface area contributed by atoms with Crippen LogP contribution in [0.15, 0.2) is 117 Å². The van der Waals surface area contributed by atoms with Crippen LogP contribution in [0.4, 0.5) is 21.5 Å². The molecule has 10 heteroatoms. The van der Waals surface area contributed by atoms with Gasteiger partial charge in [-0.15, -0.1) is 0 Å². The van der Waals surface area contributed by atoms with Gasteiger partial charge in [0, 0.05) is 26.3 Å². The third kappa shape index (κ3) is 5.93. The Morgan fingerprint density at radius 2 is 1.57 bits per heavy atom. The van der Waals surface area contributed by atoms with Gasteiger partial charge in [-0.2, -0.15) is 0 Å². The van der Waals surface area contributed by atoms with Gasteiger partial charge in [-0.1, -0.05) is 33.8 Å². The summed E-state index contributed by atoms with van der Waals surface area (Å²) in [6.45, 7) is 0. The van der Waals surface area contributed by atoms with Crippen LogP contribution in [0.2, 0.25) is 0 Å². The molecule has 0 aliphatic carbocycles. The van der Waals surface area contributed by atoms with Gasteiger partial charge in [0.1, 0.15) is 22.2 Å². The summed E-state index contributed by atoms with van der Waals surface area (Å²) in [6, 6.07) is 26.0. The molecule has 1 aliphatic heterocycles. The summed E-state index contributed by atoms with van der Waals surface area (Å²) in [5, 5.41) is 5.89. The molecular formula is C30H21BrFN3O4S. The molecule has 4 aromatic carbocycles. The number of carbonyl (C=O) groups excluding carboxylic acids is 3. The highest BCUT2D eigenvalue weighted by molar-refractivity contribution is 9.10. The van der Waals surface area contributed by atoms with E-state index >= 15 is 0 Å². The van der Waals surface area contributed by atoms with Gasteiger partial charge in [-0.25, -0.2) is 9.29 Å². The fourth-order valence-electron chi connectivity index (χ4n) is 3.92. The number of rotatable bonds is 8. The molecule has 0 atom stereocenters. The van der Waals surface area contributed by atoms with Crippen LogP contribution in [0.3, 0.4) is 0 Å². The number of nitrogens with one attached hydrogen (secondary N) is 2. The summed E-state index contributed by atoms with van der Waals surface area (Å²) in [5.41, 5.74) is 1.95. The molecule has 0 bridgehead atoms. The van der Waals surface area contributed by atoms with Gasteiger partial charge >= 0.3 is 0 Å². The first-order valence-corrected chi connectivity index (χ1v) is 13.6. The van der Waals surface area contributed by atoms with E-state index < -0.39 is 23.5 Å². The predicted molar refractivity (Wildman–Crippen MR) is 157 cm³/mol. The van der Waals surface area contributed by atoms with E-state index in [1.165, 1.54) is 31.4 Å². The monoisotopic (exact) mass is 617 g/mol. The highest BCUT2D eigenvalue weighted by Crippen LogP contribution is 2.39. The zero-order valence-electron chi connectivity index (χ0n) is 21.0. The molecule has 1 heterocycles. The van der Waals surface area contributed by atoms with Crippen molar-refractivity contribution in [2.75, 3.05) is 22.6 Å². The van der Waals surface area contributed by atoms with Crippen molar-refractivity contribution in [3.63, 3.8) is 0 Å². The highest BCUT2D eigenvalue weighted by atomic mass is 79.9. The van der Waals surface area contributed by atoms with Crippen molar-refractivity contribution in [1.29, 1.82) is 0 Å². The number of thioether (sulfide) groups is 1. The van der Waals surface area contributed by atoms with E-state index in [1.54, 1.807) is 60.7 Å². The van der Waals surface area contributed by atoms with Gasteiger partial charge in [0.05, 0.1) is 12.8 Å². The zero-order chi connectivity index (χ0) is 28.2. The van der Waals surface area contributed by atoms with Crippen molar-refractivity contribution >= 4 is 62.5 Å². The Balaban J connectivity index is 1.44. The number of carbonyl (C=O) groups is 3. The standard InChI is InChI=1S/C30H21BrFN3O4S/c1-39-24-15-13-23(14-16-24)35-29(37)26(33-21-11-7-19(31)8-12-21)27(30(35)38)40-25-4-2-3-22(17-25)34-28(36)18-5-9-20(32)10-6-18/h2-17,33H,1H3,(H,34,36). The second-order valence-corrected chi connectivity index (χ2v) is 10.6. The fraction of sp³-hybridized carbons (Fsp3) is 0.0333. The van der Waals surface area contributed by atoms with Crippen LogP contribution in [-0.2, 0) is 9.59 Å². The number of benzene rings is 4. The summed E-state index contributed by atoms with van der Waals surface area (Å²) in [4.78, 5) is 41.8. The van der Waals surface area contributed by atoms with Crippen molar-refractivity contribution in [2.45, 2.75) is 4.90 Å². The number of hydrogen-bond donors (Lipinski definition) is 2. The van der Waals surface area contributed by atoms with Crippen molar-refractivity contribution in [3.05, 3.63) is 124 Å². The largest absolute Gasteiger partial charge is 0.497 e. The lowest BCUT2D eigenvalue weighted by Crippen LogP contribution is -2.32. The first-order valence-electron chi connectivity index (χ1n) is 12.0. The number of amides is 3. The summed E-state index contributed by atoms with van der Waals surface area (Å²) in [6.07, 6.45) is 0. The average molecular weight is 618 g/mol. The zero-order valence-corrected chi connectivity index (χ0v) is 23.4. The number of ether oxygens (including phenoxy) is 1. The molecule has 0 saturated carbocycles. The van der Waals surface area contributed by atoms with E-state index in [9.17, 15) is 18.8 Å². The van der Waals surface area contributed by atoms with Crippen LogP contribution in [0.1, 0.15) is 10.4 Å². The minimum absolute atomic E-state index is 0.133. The molecule has 0 aromatic heterocycles. The van der Waals surface area contributed by atoms with Crippen molar-refractivity contribution in [3.8, 4) is 5.75 Å². The third-order valence-corrected chi connectivity index (χ3v) is 7.50. The van der Waals surface area contributed by atoms with Gasteiger partial charge in [-0.3, -0.25) is 14.4 Å². The topological polar surface area (TPSA) is 87.7 Å². The van der Waals surface area contributed by atoms with Crippen molar-refractivity contribution < 1.29 is 23.5 Å². The first kappa shape index (κ1) is 27.2. The normalized spacial score (nSPS) is 13.0. The maximum Gasteiger partial charge on any atom is 0.283 e. The van der Waals surface area contributed by atoms with E-state index in [4.69, 9.17) is 4.74 Å². The number of imide groups is 1. The number of nitrogens with zero attached hydrogens (tertiary/aromatic N) is 1. The van der Waals surface area contributed by atoms with Crippen molar-refractivity contribution in [1.82, 2.24) is 0 Å². The molecule has 0 fully saturated rings. The minimum atomic E-state index is -0.499. The van der Waals surface area contributed by atoms with Gasteiger partial charge in [0.25, 0.3) is 17.7 Å². The molecule has 3 amide bonds. The Kier molecular flexibility index (Phi) is 7.99. The van der Waals surface area contributed by atoms with Gasteiger partial charge in [0.2, 0.25) is 0 Å². The number of methoxy groups -OCH3 is 1. The second-order valence-electron chi connectivity index (χ2n) is 8.57. The third-order valence-electron chi connectivity index (χ3n) is 5.90. The van der Waals surface area contributed by atoms with Crippen molar-refractivity contribution in [2.24, 2.45) is 0 Å². The van der Waals surface area contributed by atoms with E-state index in [1.807, 2.05) is 12.1 Å². The Morgan fingerprint density at radius 1 is 0.875 bits per heavy atom. The molecule has 40 heavy (non-hydrogen) atoms. The summed E-state index contributed by atoms with van der Waals surface area (Å²) in [7, 11) is 1.54. The SMILES string of the molecule is COc1ccc(N2C(=O)C(Nc3ccc(Br)cc3)=C(Sc3cccc(NC(=O)c4ccc(F)cc4)c3)C2=O)cc1. The maximum atomic E-state index is 13.7. The summed E-state index contributed by atoms with van der Waals surface area (Å²) < 4.78 is 19.3. The van der Waals surface area contributed by atoms with Crippen LogP contribution in [-0.4, -0.2) is 24.8 Å². The molecule has 2 N–H and O–H groups in total. The van der Waals surface area contributed by atoms with Crippen LogP contribution < -0.4 is 20.3 Å². The van der Waals surface area contributed by atoms with Gasteiger partial charge in [-0.05, 0) is 91.0 Å². The second kappa shape index (κ2) is 11.8. The van der Waals surface area contributed by atoms with Gasteiger partial charge < -0.3 is 15.4 Å². The molecule has 5 rings (SSSR count). The minimum Gasteiger partial charge on any atom is -0.497 e. The van der Waals surface area contributed by atoms with Gasteiger partial charge in [0.15, 0.2) is 0 Å². The lowest BCUT2D eigenvalue weighted by molar-refractivity contribution is -0.120. The average Bonchev–Trinajstić information content (AvgIpc) is 3.18. The first-order chi connectivity index (χ1) is 19.3. The van der Waals surface area contributed by atoms with E-state index in [0.29, 0.717) is 33.3 Å². The molecule has 0 radical (unpaired) electrons. The Morgan fingerprint density at radius 3 is 2.25 bits per heavy atom. The number of hydrogen-bond acceptors (Lipinski definition) is 6. The Hall–Kier alpha value is -4.41. The molecule has 0 unspecified atom stereocenters. The summed E-state index contributed by atoms with van der Waals surface area (Å²) in [5.74, 6) is -1.23. The molecule has 7 nitrogen and oxygen atoms in total. The van der Waals surface area contributed by atoms with Crippen LogP contribution in [0.25, 0.3) is 0 Å². The van der Waals surface area contributed by atoms with E-state index in [0.717, 1.165) is 21.1 Å².